The minimum atomic E-state index is 0.349. The first-order valence-corrected chi connectivity index (χ1v) is 6.10. The molecule has 0 atom stereocenters. The van der Waals surface area contributed by atoms with Crippen LogP contribution in [0.15, 0.2) is 33.5 Å². The fourth-order valence-corrected chi connectivity index (χ4v) is 1.95. The fraction of sp³-hybridized carbons (Fsp3) is 0.0909. The molecule has 96 valence electrons. The molecule has 0 bridgehead atoms. The Morgan fingerprint density at radius 1 is 1.37 bits per heavy atom. The van der Waals surface area contributed by atoms with Crippen LogP contribution in [0.2, 0.25) is 0 Å². The first-order chi connectivity index (χ1) is 9.28. The van der Waals surface area contributed by atoms with E-state index in [1.165, 1.54) is 6.33 Å². The molecular weight excluding hydrogens is 314 g/mol. The maximum atomic E-state index is 5.22. The van der Waals surface area contributed by atoms with Crippen molar-refractivity contribution < 1.29 is 9.26 Å². The number of H-pyrrole nitrogens is 1. The molecule has 1 aromatic carbocycles. The lowest BCUT2D eigenvalue weighted by Crippen LogP contribution is -1.86. The summed E-state index contributed by atoms with van der Waals surface area (Å²) < 4.78 is 11.2. The van der Waals surface area contributed by atoms with Crippen molar-refractivity contribution in [3.8, 4) is 28.9 Å². The second kappa shape index (κ2) is 4.81. The van der Waals surface area contributed by atoms with E-state index in [0.717, 1.165) is 10.0 Å². The summed E-state index contributed by atoms with van der Waals surface area (Å²) in [6.45, 7) is 0. The number of methoxy groups -OCH3 is 1. The third-order valence-electron chi connectivity index (χ3n) is 2.46. The lowest BCUT2D eigenvalue weighted by molar-refractivity contribution is 0.413. The van der Waals surface area contributed by atoms with Crippen molar-refractivity contribution in [2.24, 2.45) is 0 Å². The topological polar surface area (TPSA) is 89.7 Å². The molecule has 0 fully saturated rings. The van der Waals surface area contributed by atoms with Gasteiger partial charge in [0.05, 0.1) is 12.7 Å². The molecule has 0 saturated carbocycles. The third-order valence-corrected chi connectivity index (χ3v) is 3.15. The van der Waals surface area contributed by atoms with E-state index in [1.807, 2.05) is 18.2 Å². The number of halogens is 1. The van der Waals surface area contributed by atoms with Gasteiger partial charge in [0.2, 0.25) is 5.82 Å². The number of benzene rings is 1. The molecule has 0 radical (unpaired) electrons. The standard InChI is InChI=1S/C11H8BrN5O2/c1-18-6-2-3-8(12)7(4-6)11-15-10(17-19-11)9-13-5-14-16-9/h2-5H,1H3,(H,13,14,16). The van der Waals surface area contributed by atoms with E-state index in [-0.39, 0.29) is 0 Å². The molecule has 19 heavy (non-hydrogen) atoms. The molecule has 0 aliphatic heterocycles. The minimum Gasteiger partial charge on any atom is -0.497 e. The zero-order valence-corrected chi connectivity index (χ0v) is 11.4. The van der Waals surface area contributed by atoms with Crippen molar-refractivity contribution in [3.63, 3.8) is 0 Å². The van der Waals surface area contributed by atoms with E-state index in [0.29, 0.717) is 23.3 Å². The van der Waals surface area contributed by atoms with E-state index in [1.54, 1.807) is 7.11 Å². The van der Waals surface area contributed by atoms with E-state index < -0.39 is 0 Å². The van der Waals surface area contributed by atoms with Crippen LogP contribution in [-0.4, -0.2) is 32.4 Å². The molecule has 0 unspecified atom stereocenters. The molecular formula is C11H8BrN5O2. The van der Waals surface area contributed by atoms with Gasteiger partial charge in [0.25, 0.3) is 5.89 Å². The molecule has 1 N–H and O–H groups in total. The fourth-order valence-electron chi connectivity index (χ4n) is 1.54. The molecule has 8 heteroatoms. The van der Waals surface area contributed by atoms with Gasteiger partial charge in [0.1, 0.15) is 12.1 Å². The summed E-state index contributed by atoms with van der Waals surface area (Å²) >= 11 is 3.44. The molecule has 0 aliphatic rings. The summed E-state index contributed by atoms with van der Waals surface area (Å²) in [5.41, 5.74) is 0.748. The number of nitrogens with one attached hydrogen (secondary N) is 1. The number of aromatic amines is 1. The Hall–Kier alpha value is -2.22. The molecule has 7 nitrogen and oxygen atoms in total. The lowest BCUT2D eigenvalue weighted by Gasteiger charge is -2.02. The highest BCUT2D eigenvalue weighted by atomic mass is 79.9. The van der Waals surface area contributed by atoms with Crippen LogP contribution in [0.5, 0.6) is 5.75 Å². The van der Waals surface area contributed by atoms with Crippen LogP contribution >= 0.6 is 15.9 Å². The molecule has 3 rings (SSSR count). The average molecular weight is 322 g/mol. The van der Waals surface area contributed by atoms with E-state index in [4.69, 9.17) is 9.26 Å². The van der Waals surface area contributed by atoms with Crippen LogP contribution in [0.1, 0.15) is 0 Å². The Morgan fingerprint density at radius 3 is 3.00 bits per heavy atom. The Morgan fingerprint density at radius 2 is 2.26 bits per heavy atom. The predicted molar refractivity (Wildman–Crippen MR) is 69.4 cm³/mol. The van der Waals surface area contributed by atoms with Gasteiger partial charge < -0.3 is 9.26 Å². The molecule has 2 heterocycles. The van der Waals surface area contributed by atoms with Gasteiger partial charge in [-0.05, 0) is 34.1 Å². The van der Waals surface area contributed by atoms with Crippen LogP contribution in [0.25, 0.3) is 23.1 Å². The predicted octanol–water partition coefficient (Wildman–Crippen LogP) is 2.29. The van der Waals surface area contributed by atoms with Gasteiger partial charge in [0, 0.05) is 4.47 Å². The Balaban J connectivity index is 2.03. The van der Waals surface area contributed by atoms with Gasteiger partial charge in [-0.3, -0.25) is 5.10 Å². The van der Waals surface area contributed by atoms with Crippen molar-refractivity contribution in [3.05, 3.63) is 29.0 Å². The highest BCUT2D eigenvalue weighted by molar-refractivity contribution is 9.10. The number of hydrogen-bond acceptors (Lipinski definition) is 6. The first kappa shape index (κ1) is 11.8. The summed E-state index contributed by atoms with van der Waals surface area (Å²) in [5.74, 6) is 1.88. The summed E-state index contributed by atoms with van der Waals surface area (Å²) in [7, 11) is 1.60. The number of nitrogens with zero attached hydrogens (tertiary/aromatic N) is 4. The molecule has 3 aromatic rings. The number of ether oxygens (including phenoxy) is 1. The molecule has 0 amide bonds. The van der Waals surface area contributed by atoms with E-state index >= 15 is 0 Å². The highest BCUT2D eigenvalue weighted by Gasteiger charge is 2.15. The van der Waals surface area contributed by atoms with Crippen molar-refractivity contribution >= 4 is 15.9 Å². The van der Waals surface area contributed by atoms with Gasteiger partial charge in [-0.25, -0.2) is 4.98 Å². The largest absolute Gasteiger partial charge is 0.497 e. The minimum absolute atomic E-state index is 0.349. The zero-order valence-electron chi connectivity index (χ0n) is 9.79. The second-order valence-electron chi connectivity index (χ2n) is 3.60. The number of hydrogen-bond donors (Lipinski definition) is 1. The normalized spacial score (nSPS) is 10.6. The second-order valence-corrected chi connectivity index (χ2v) is 4.46. The SMILES string of the molecule is COc1ccc(Br)c(-c2nc(-c3ncn[nH]3)no2)c1. The summed E-state index contributed by atoms with van der Waals surface area (Å²) in [6.07, 6.45) is 1.38. The van der Waals surface area contributed by atoms with Crippen molar-refractivity contribution in [2.75, 3.05) is 7.11 Å². The van der Waals surface area contributed by atoms with Gasteiger partial charge in [0.15, 0.2) is 5.82 Å². The molecule has 2 aromatic heterocycles. The van der Waals surface area contributed by atoms with Gasteiger partial charge >= 0.3 is 0 Å². The number of aromatic nitrogens is 5. The van der Waals surface area contributed by atoms with Crippen molar-refractivity contribution in [1.82, 2.24) is 25.3 Å². The van der Waals surface area contributed by atoms with Crippen molar-refractivity contribution in [1.29, 1.82) is 0 Å². The zero-order chi connectivity index (χ0) is 13.2. The van der Waals surface area contributed by atoms with Crippen molar-refractivity contribution in [2.45, 2.75) is 0 Å². The quantitative estimate of drug-likeness (QED) is 0.796. The molecule has 0 aliphatic carbocycles. The van der Waals surface area contributed by atoms with Gasteiger partial charge in [-0.2, -0.15) is 10.1 Å². The highest BCUT2D eigenvalue weighted by Crippen LogP contribution is 2.31. The maximum Gasteiger partial charge on any atom is 0.259 e. The maximum absolute atomic E-state index is 5.22. The average Bonchev–Trinajstić information content (AvgIpc) is 3.10. The van der Waals surface area contributed by atoms with Crippen LogP contribution < -0.4 is 4.74 Å². The summed E-state index contributed by atoms with van der Waals surface area (Å²) in [5, 5.41) is 10.3. The number of rotatable bonds is 3. The first-order valence-electron chi connectivity index (χ1n) is 5.31. The van der Waals surface area contributed by atoms with Crippen LogP contribution in [0, 0.1) is 0 Å². The van der Waals surface area contributed by atoms with E-state index in [9.17, 15) is 0 Å². The lowest BCUT2D eigenvalue weighted by atomic mass is 10.2. The summed E-state index contributed by atoms with van der Waals surface area (Å²) in [4.78, 5) is 8.22. The Labute approximate surface area is 116 Å². The van der Waals surface area contributed by atoms with Crippen LogP contribution in [-0.2, 0) is 0 Å². The smallest absolute Gasteiger partial charge is 0.259 e. The molecule has 0 spiro atoms. The Bertz CT molecular complexity index is 695. The molecule has 0 saturated heterocycles. The van der Waals surface area contributed by atoms with Crippen LogP contribution in [0.3, 0.4) is 0 Å². The van der Waals surface area contributed by atoms with Crippen LogP contribution in [0.4, 0.5) is 0 Å². The third kappa shape index (κ3) is 2.22. The monoisotopic (exact) mass is 321 g/mol. The Kier molecular flexibility index (Phi) is 3.00. The van der Waals surface area contributed by atoms with Gasteiger partial charge in [-0.1, -0.05) is 5.16 Å². The van der Waals surface area contributed by atoms with Gasteiger partial charge in [-0.15, -0.1) is 0 Å². The van der Waals surface area contributed by atoms with E-state index in [2.05, 4.69) is 41.3 Å². The summed E-state index contributed by atoms with van der Waals surface area (Å²) in [6, 6.07) is 5.50.